The second kappa shape index (κ2) is 11.2. The summed E-state index contributed by atoms with van der Waals surface area (Å²) in [5.74, 6) is 0.190. The number of carbonyl (C=O) groups excluding carboxylic acids is 1. The van der Waals surface area contributed by atoms with Crippen molar-refractivity contribution in [3.8, 4) is 11.8 Å². The Labute approximate surface area is 206 Å². The van der Waals surface area contributed by atoms with Crippen LogP contribution in [0.3, 0.4) is 0 Å². The summed E-state index contributed by atoms with van der Waals surface area (Å²) < 4.78 is 33.5. The third-order valence-electron chi connectivity index (χ3n) is 6.11. The fourth-order valence-electron chi connectivity index (χ4n) is 4.53. The molecule has 1 N–H and O–H groups in total. The molecule has 2 aromatic carbocycles. The maximum atomic E-state index is 12.3. The minimum Gasteiger partial charge on any atom is -0.383 e. The number of benzene rings is 2. The average Bonchev–Trinajstić information content (AvgIpc) is 2.82. The lowest BCUT2D eigenvalue weighted by atomic mass is 10.1. The summed E-state index contributed by atoms with van der Waals surface area (Å²) in [6.45, 7) is 5.61. The average molecular weight is 499 g/mol. The maximum absolute atomic E-state index is 12.3. The van der Waals surface area contributed by atoms with E-state index in [2.05, 4.69) is 15.1 Å². The molecule has 9 nitrogen and oxygen atoms in total. The van der Waals surface area contributed by atoms with E-state index >= 15 is 0 Å². The summed E-state index contributed by atoms with van der Waals surface area (Å²) in [6.07, 6.45) is 2.18. The Morgan fingerprint density at radius 2 is 1.63 bits per heavy atom. The molecular formula is C25H30N4O5S. The number of ether oxygens (including phenoxy) is 1. The van der Waals surface area contributed by atoms with E-state index in [1.807, 2.05) is 18.2 Å². The van der Waals surface area contributed by atoms with Crippen LogP contribution in [0.2, 0.25) is 0 Å². The standard InChI is InChI=1S/C25H30N4O5S/c1-35(31,32)34-22-8-4-19(5-9-22)10-12-28-15-23-17-29(18-24(16-28)33-23)13-11-27-25(30)21-6-2-20(14-26)3-7-21/h2-9,23-24H,10-13,15-18H2,1H3,(H,27,30). The lowest BCUT2D eigenvalue weighted by Crippen LogP contribution is -2.60. The molecule has 2 heterocycles. The van der Waals surface area contributed by atoms with E-state index in [4.69, 9.17) is 14.2 Å². The molecule has 2 fully saturated rings. The van der Waals surface area contributed by atoms with Gasteiger partial charge in [-0.1, -0.05) is 12.1 Å². The minimum absolute atomic E-state index is 0.134. The molecule has 0 aliphatic carbocycles. The number of nitrogens with zero attached hydrogens (tertiary/aromatic N) is 3. The first-order valence-electron chi connectivity index (χ1n) is 11.6. The number of amides is 1. The van der Waals surface area contributed by atoms with Crippen LogP contribution in [0.25, 0.3) is 0 Å². The quantitative estimate of drug-likeness (QED) is 0.514. The van der Waals surface area contributed by atoms with Crippen LogP contribution in [-0.2, 0) is 21.3 Å². The highest BCUT2D eigenvalue weighted by Gasteiger charge is 2.34. The van der Waals surface area contributed by atoms with E-state index in [1.54, 1.807) is 36.4 Å². The molecule has 2 aliphatic rings. The first kappa shape index (κ1) is 25.1. The molecule has 2 aromatic rings. The van der Waals surface area contributed by atoms with Gasteiger partial charge in [-0.2, -0.15) is 13.7 Å². The Morgan fingerprint density at radius 1 is 1.03 bits per heavy atom. The lowest BCUT2D eigenvalue weighted by Gasteiger charge is -2.46. The van der Waals surface area contributed by atoms with E-state index in [0.717, 1.165) is 57.5 Å². The topological polar surface area (TPSA) is 112 Å². The second-order valence-corrected chi connectivity index (χ2v) is 10.6. The van der Waals surface area contributed by atoms with E-state index in [9.17, 15) is 13.2 Å². The zero-order chi connectivity index (χ0) is 24.8. The fraction of sp³-hybridized carbons (Fsp3) is 0.440. The van der Waals surface area contributed by atoms with E-state index in [-0.39, 0.29) is 18.1 Å². The minimum atomic E-state index is -3.51. The first-order valence-corrected chi connectivity index (χ1v) is 13.5. The van der Waals surface area contributed by atoms with Crippen molar-refractivity contribution in [3.05, 3.63) is 65.2 Å². The number of morpholine rings is 2. The van der Waals surface area contributed by atoms with Gasteiger partial charge in [0.05, 0.1) is 30.1 Å². The van der Waals surface area contributed by atoms with Crippen LogP contribution in [0.5, 0.6) is 5.75 Å². The molecule has 4 rings (SSSR count). The molecule has 0 saturated carbocycles. The van der Waals surface area contributed by atoms with Gasteiger partial charge in [0.2, 0.25) is 0 Å². The molecule has 0 spiro atoms. The maximum Gasteiger partial charge on any atom is 0.306 e. The van der Waals surface area contributed by atoms with Gasteiger partial charge >= 0.3 is 10.1 Å². The fourth-order valence-corrected chi connectivity index (χ4v) is 4.99. The molecule has 0 aromatic heterocycles. The summed E-state index contributed by atoms with van der Waals surface area (Å²) in [7, 11) is -3.51. The molecule has 2 unspecified atom stereocenters. The zero-order valence-electron chi connectivity index (χ0n) is 19.7. The van der Waals surface area contributed by atoms with E-state index < -0.39 is 10.1 Å². The molecule has 35 heavy (non-hydrogen) atoms. The molecule has 2 saturated heterocycles. The van der Waals surface area contributed by atoms with Gasteiger partial charge in [-0.3, -0.25) is 14.6 Å². The number of carbonyl (C=O) groups is 1. The highest BCUT2D eigenvalue weighted by atomic mass is 32.2. The monoisotopic (exact) mass is 498 g/mol. The van der Waals surface area contributed by atoms with Crippen LogP contribution < -0.4 is 9.50 Å². The van der Waals surface area contributed by atoms with Crippen molar-refractivity contribution in [2.75, 3.05) is 52.1 Å². The molecule has 0 radical (unpaired) electrons. The lowest BCUT2D eigenvalue weighted by molar-refractivity contribution is -0.137. The Balaban J connectivity index is 1.18. The highest BCUT2D eigenvalue weighted by Crippen LogP contribution is 2.20. The van der Waals surface area contributed by atoms with Crippen LogP contribution in [0, 0.1) is 11.3 Å². The van der Waals surface area contributed by atoms with Gasteiger partial charge < -0.3 is 14.2 Å². The Bertz CT molecular complexity index is 1150. The number of fused-ring (bicyclic) bond motifs is 2. The second-order valence-electron chi connectivity index (χ2n) is 9.03. The third kappa shape index (κ3) is 7.50. The highest BCUT2D eigenvalue weighted by molar-refractivity contribution is 7.86. The van der Waals surface area contributed by atoms with Crippen molar-refractivity contribution in [1.29, 1.82) is 5.26 Å². The van der Waals surface area contributed by atoms with Crippen molar-refractivity contribution < 1.29 is 22.1 Å². The first-order chi connectivity index (χ1) is 16.8. The number of hydrogen-bond acceptors (Lipinski definition) is 8. The number of nitrogens with one attached hydrogen (secondary N) is 1. The van der Waals surface area contributed by atoms with Crippen LogP contribution in [0.4, 0.5) is 0 Å². The third-order valence-corrected chi connectivity index (χ3v) is 6.60. The van der Waals surface area contributed by atoms with Gasteiger partial charge in [-0.15, -0.1) is 0 Å². The van der Waals surface area contributed by atoms with Gasteiger partial charge in [-0.25, -0.2) is 0 Å². The van der Waals surface area contributed by atoms with Crippen molar-refractivity contribution in [1.82, 2.24) is 15.1 Å². The van der Waals surface area contributed by atoms with E-state index in [1.165, 1.54) is 0 Å². The van der Waals surface area contributed by atoms with Gasteiger partial charge in [0, 0.05) is 51.4 Å². The van der Waals surface area contributed by atoms with Crippen molar-refractivity contribution in [3.63, 3.8) is 0 Å². The van der Waals surface area contributed by atoms with Crippen LogP contribution >= 0.6 is 0 Å². The van der Waals surface area contributed by atoms with Crippen molar-refractivity contribution in [2.45, 2.75) is 18.6 Å². The SMILES string of the molecule is CS(=O)(=O)Oc1ccc(CCN2CC3CN(CCNC(=O)c4ccc(C#N)cc4)CC(C2)O3)cc1. The number of rotatable bonds is 9. The van der Waals surface area contributed by atoms with Gasteiger partial charge in [0.15, 0.2) is 0 Å². The van der Waals surface area contributed by atoms with Gasteiger partial charge in [0.1, 0.15) is 5.75 Å². The smallest absolute Gasteiger partial charge is 0.306 e. The molecule has 2 aliphatic heterocycles. The zero-order valence-corrected chi connectivity index (χ0v) is 20.5. The summed E-state index contributed by atoms with van der Waals surface area (Å²) in [5, 5.41) is 11.8. The summed E-state index contributed by atoms with van der Waals surface area (Å²) in [6, 6.07) is 15.8. The molecule has 1 amide bonds. The largest absolute Gasteiger partial charge is 0.383 e. The molecule has 186 valence electrons. The summed E-state index contributed by atoms with van der Waals surface area (Å²) in [4.78, 5) is 17.1. The predicted molar refractivity (Wildman–Crippen MR) is 131 cm³/mol. The van der Waals surface area contributed by atoms with Gasteiger partial charge in [-0.05, 0) is 48.4 Å². The molecule has 10 heteroatoms. The van der Waals surface area contributed by atoms with E-state index in [0.29, 0.717) is 23.4 Å². The van der Waals surface area contributed by atoms with Crippen molar-refractivity contribution >= 4 is 16.0 Å². The normalized spacial score (nSPS) is 20.7. The molecule has 2 bridgehead atoms. The predicted octanol–water partition coefficient (Wildman–Crippen LogP) is 1.25. The molecular weight excluding hydrogens is 468 g/mol. The Kier molecular flexibility index (Phi) is 8.03. The van der Waals surface area contributed by atoms with Crippen LogP contribution in [-0.4, -0.2) is 88.4 Å². The number of hydrogen-bond donors (Lipinski definition) is 1. The van der Waals surface area contributed by atoms with Gasteiger partial charge in [0.25, 0.3) is 5.91 Å². The Hall–Kier alpha value is -2.97. The van der Waals surface area contributed by atoms with Crippen molar-refractivity contribution in [2.24, 2.45) is 0 Å². The summed E-state index contributed by atoms with van der Waals surface area (Å²) in [5.41, 5.74) is 2.21. The number of nitriles is 1. The summed E-state index contributed by atoms with van der Waals surface area (Å²) >= 11 is 0. The van der Waals surface area contributed by atoms with Crippen LogP contribution in [0.15, 0.2) is 48.5 Å². The molecule has 2 atom stereocenters. The van der Waals surface area contributed by atoms with Crippen LogP contribution in [0.1, 0.15) is 21.5 Å². The Morgan fingerprint density at radius 3 is 2.20 bits per heavy atom.